The van der Waals surface area contributed by atoms with Crippen LogP contribution in [-0.4, -0.2) is 30.5 Å². The second-order valence-corrected chi connectivity index (χ2v) is 7.82. The molecule has 0 radical (unpaired) electrons. The van der Waals surface area contributed by atoms with Crippen molar-refractivity contribution in [1.82, 2.24) is 0 Å². The second-order valence-electron chi connectivity index (χ2n) is 5.34. The van der Waals surface area contributed by atoms with E-state index >= 15 is 0 Å². The molecule has 1 amide bonds. The van der Waals surface area contributed by atoms with Crippen molar-refractivity contribution in [2.45, 2.75) is 0 Å². The van der Waals surface area contributed by atoms with Crippen LogP contribution in [0.4, 0.5) is 11.4 Å². The predicted octanol–water partition coefficient (Wildman–Crippen LogP) is 5.45. The summed E-state index contributed by atoms with van der Waals surface area (Å²) in [5.74, 6) is 1.88. The van der Waals surface area contributed by atoms with Gasteiger partial charge in [-0.05, 0) is 36.4 Å². The number of nitrogens with one attached hydrogen (secondary N) is 1. The smallest absolute Gasteiger partial charge is 0.257 e. The number of carbonyl (C=O) groups excluding carboxylic acids is 1. The van der Waals surface area contributed by atoms with Crippen molar-refractivity contribution in [3.05, 3.63) is 57.0 Å². The minimum Gasteiger partial charge on any atom is -0.369 e. The van der Waals surface area contributed by atoms with Gasteiger partial charge in [0.15, 0.2) is 0 Å². The molecule has 0 bridgehead atoms. The number of halogens is 3. The summed E-state index contributed by atoms with van der Waals surface area (Å²) in [6, 6.07) is 10.3. The zero-order valence-electron chi connectivity index (χ0n) is 12.7. The van der Waals surface area contributed by atoms with Gasteiger partial charge >= 0.3 is 0 Å². The number of rotatable bonds is 3. The van der Waals surface area contributed by atoms with Crippen LogP contribution in [0, 0.1) is 0 Å². The topological polar surface area (TPSA) is 32.3 Å². The molecular formula is C17H15Cl3N2OS. The molecule has 24 heavy (non-hydrogen) atoms. The van der Waals surface area contributed by atoms with Gasteiger partial charge in [0.2, 0.25) is 0 Å². The molecule has 3 rings (SSSR count). The van der Waals surface area contributed by atoms with Crippen LogP contribution in [0.15, 0.2) is 36.4 Å². The van der Waals surface area contributed by atoms with Gasteiger partial charge in [-0.2, -0.15) is 11.8 Å². The van der Waals surface area contributed by atoms with Crippen LogP contribution in [0.2, 0.25) is 15.1 Å². The Bertz CT molecular complexity index is 763. The Labute approximate surface area is 160 Å². The van der Waals surface area contributed by atoms with Crippen molar-refractivity contribution in [3.63, 3.8) is 0 Å². The molecule has 0 unspecified atom stereocenters. The molecule has 0 aromatic heterocycles. The molecule has 0 saturated carbocycles. The summed E-state index contributed by atoms with van der Waals surface area (Å²) in [4.78, 5) is 14.6. The first-order valence-corrected chi connectivity index (χ1v) is 9.72. The number of thioether (sulfide) groups is 1. The zero-order valence-corrected chi connectivity index (χ0v) is 15.8. The molecule has 0 spiro atoms. The van der Waals surface area contributed by atoms with Gasteiger partial charge in [-0.1, -0.05) is 34.8 Å². The monoisotopic (exact) mass is 400 g/mol. The van der Waals surface area contributed by atoms with Crippen molar-refractivity contribution in [2.24, 2.45) is 0 Å². The summed E-state index contributed by atoms with van der Waals surface area (Å²) in [5.41, 5.74) is 1.95. The van der Waals surface area contributed by atoms with E-state index in [-0.39, 0.29) is 5.91 Å². The number of carbonyl (C=O) groups is 1. The number of hydrogen-bond donors (Lipinski definition) is 1. The minimum atomic E-state index is -0.319. The molecule has 0 aliphatic carbocycles. The number of hydrogen-bond acceptors (Lipinski definition) is 3. The predicted molar refractivity (Wildman–Crippen MR) is 105 cm³/mol. The first kappa shape index (κ1) is 17.7. The molecule has 1 aliphatic heterocycles. The van der Waals surface area contributed by atoms with Crippen molar-refractivity contribution < 1.29 is 4.79 Å². The SMILES string of the molecule is O=C(Nc1ccc(N2CCSCC2)c(Cl)c1)c1cc(Cl)ccc1Cl. The first-order valence-electron chi connectivity index (χ1n) is 7.43. The third-order valence-electron chi connectivity index (χ3n) is 3.73. The van der Waals surface area contributed by atoms with Crippen LogP contribution < -0.4 is 10.2 Å². The Hall–Kier alpha value is -1.07. The van der Waals surface area contributed by atoms with Crippen LogP contribution in [0.25, 0.3) is 0 Å². The lowest BCUT2D eigenvalue weighted by Crippen LogP contribution is -2.32. The quantitative estimate of drug-likeness (QED) is 0.742. The number of anilines is 2. The zero-order chi connectivity index (χ0) is 17.1. The highest BCUT2D eigenvalue weighted by atomic mass is 35.5. The van der Waals surface area contributed by atoms with Gasteiger partial charge in [0.1, 0.15) is 0 Å². The lowest BCUT2D eigenvalue weighted by molar-refractivity contribution is 0.102. The largest absolute Gasteiger partial charge is 0.369 e. The van der Waals surface area contributed by atoms with E-state index in [4.69, 9.17) is 34.8 Å². The summed E-state index contributed by atoms with van der Waals surface area (Å²) in [5, 5.41) is 4.24. The fraction of sp³-hybridized carbons (Fsp3) is 0.235. The van der Waals surface area contributed by atoms with Crippen LogP contribution in [-0.2, 0) is 0 Å². The molecule has 2 aromatic carbocycles. The lowest BCUT2D eigenvalue weighted by Gasteiger charge is -2.29. The average molecular weight is 402 g/mol. The van der Waals surface area contributed by atoms with Crippen LogP contribution in [0.5, 0.6) is 0 Å². The minimum absolute atomic E-state index is 0.319. The maximum absolute atomic E-state index is 12.4. The highest BCUT2D eigenvalue weighted by Gasteiger charge is 2.16. The van der Waals surface area contributed by atoms with Crippen LogP contribution >= 0.6 is 46.6 Å². The number of nitrogens with zero attached hydrogens (tertiary/aromatic N) is 1. The van der Waals surface area contributed by atoms with E-state index < -0.39 is 0 Å². The van der Waals surface area contributed by atoms with Gasteiger partial charge in [-0.15, -0.1) is 0 Å². The fourth-order valence-corrected chi connectivity index (χ4v) is 4.09. The number of amides is 1. The van der Waals surface area contributed by atoms with Crippen molar-refractivity contribution >= 4 is 63.8 Å². The molecule has 1 N–H and O–H groups in total. The van der Waals surface area contributed by atoms with Crippen molar-refractivity contribution in [2.75, 3.05) is 34.8 Å². The molecule has 1 saturated heterocycles. The normalized spacial score (nSPS) is 14.5. The van der Waals surface area contributed by atoms with Gasteiger partial charge < -0.3 is 10.2 Å². The van der Waals surface area contributed by atoms with Gasteiger partial charge in [0, 0.05) is 35.3 Å². The van der Waals surface area contributed by atoms with Gasteiger partial charge in [0.25, 0.3) is 5.91 Å². The molecule has 1 heterocycles. The molecule has 0 atom stereocenters. The first-order chi connectivity index (χ1) is 11.5. The summed E-state index contributed by atoms with van der Waals surface area (Å²) < 4.78 is 0. The summed E-state index contributed by atoms with van der Waals surface area (Å²) in [7, 11) is 0. The molecule has 1 fully saturated rings. The van der Waals surface area contributed by atoms with E-state index in [2.05, 4.69) is 10.2 Å². The third-order valence-corrected chi connectivity index (χ3v) is 5.54. The van der Waals surface area contributed by atoms with Crippen LogP contribution in [0.3, 0.4) is 0 Å². The Morgan fingerprint density at radius 2 is 1.75 bits per heavy atom. The van der Waals surface area contributed by atoms with E-state index in [1.165, 1.54) is 0 Å². The Kier molecular flexibility index (Phi) is 5.82. The highest BCUT2D eigenvalue weighted by molar-refractivity contribution is 7.99. The molecular weight excluding hydrogens is 387 g/mol. The maximum Gasteiger partial charge on any atom is 0.257 e. The van der Waals surface area contributed by atoms with E-state index in [0.717, 1.165) is 30.3 Å². The van der Waals surface area contributed by atoms with E-state index in [0.29, 0.717) is 26.3 Å². The molecule has 1 aliphatic rings. The lowest BCUT2D eigenvalue weighted by atomic mass is 10.2. The van der Waals surface area contributed by atoms with E-state index in [1.54, 1.807) is 24.3 Å². The maximum atomic E-state index is 12.4. The van der Waals surface area contributed by atoms with Crippen molar-refractivity contribution in [3.8, 4) is 0 Å². The summed E-state index contributed by atoms with van der Waals surface area (Å²) in [6.45, 7) is 1.96. The Morgan fingerprint density at radius 1 is 1.00 bits per heavy atom. The molecule has 2 aromatic rings. The third kappa shape index (κ3) is 4.12. The molecule has 7 heteroatoms. The van der Waals surface area contributed by atoms with Gasteiger partial charge in [-0.25, -0.2) is 0 Å². The van der Waals surface area contributed by atoms with E-state index in [9.17, 15) is 4.79 Å². The Balaban J connectivity index is 1.77. The number of benzene rings is 2. The highest BCUT2D eigenvalue weighted by Crippen LogP contribution is 2.31. The van der Waals surface area contributed by atoms with Gasteiger partial charge in [-0.3, -0.25) is 4.79 Å². The van der Waals surface area contributed by atoms with E-state index in [1.807, 2.05) is 23.9 Å². The summed E-state index contributed by atoms with van der Waals surface area (Å²) >= 11 is 20.3. The van der Waals surface area contributed by atoms with Crippen LogP contribution in [0.1, 0.15) is 10.4 Å². The Morgan fingerprint density at radius 3 is 2.46 bits per heavy atom. The second kappa shape index (κ2) is 7.87. The standard InChI is InChI=1S/C17H15Cl3N2OS/c18-11-1-3-14(19)13(9-11)17(23)21-12-2-4-16(15(20)10-12)22-5-7-24-8-6-22/h1-4,9-10H,5-8H2,(H,21,23). The fourth-order valence-electron chi connectivity index (χ4n) is 2.52. The summed E-state index contributed by atoms with van der Waals surface area (Å²) in [6.07, 6.45) is 0. The van der Waals surface area contributed by atoms with Crippen molar-refractivity contribution in [1.29, 1.82) is 0 Å². The average Bonchev–Trinajstić information content (AvgIpc) is 2.58. The molecule has 126 valence electrons. The van der Waals surface area contributed by atoms with Gasteiger partial charge in [0.05, 0.1) is 21.3 Å². The molecule has 3 nitrogen and oxygen atoms in total.